The van der Waals surface area contributed by atoms with Crippen LogP contribution in [0, 0.1) is 5.82 Å². The summed E-state index contributed by atoms with van der Waals surface area (Å²) in [6.07, 6.45) is 1.47. The second-order valence-corrected chi connectivity index (χ2v) is 5.87. The van der Waals surface area contributed by atoms with Crippen molar-refractivity contribution in [1.29, 1.82) is 0 Å². The molecule has 0 radical (unpaired) electrons. The Balaban J connectivity index is 0.00000169. The first-order valence-electron chi connectivity index (χ1n) is 6.54. The molecule has 2 aromatic carbocycles. The standard InChI is InChI=1S/C15H11FNO6P.2Na/c1-2-8-5-10(18)7-12-14(8)22-15(17-12)9-3-4-13(11(16)6-9)23-24(19,20)21;;/h2-7,18H,1H2,(H2,19,20,21);;/q;2*+1/p-2. The van der Waals surface area contributed by atoms with Crippen LogP contribution in [0.5, 0.6) is 11.5 Å². The van der Waals surface area contributed by atoms with E-state index in [1.807, 2.05) is 0 Å². The summed E-state index contributed by atoms with van der Waals surface area (Å²) >= 11 is 0. The van der Waals surface area contributed by atoms with E-state index in [4.69, 9.17) is 4.42 Å². The van der Waals surface area contributed by atoms with E-state index in [-0.39, 0.29) is 76.3 Å². The normalized spacial score (nSPS) is 10.7. The minimum absolute atomic E-state index is 0. The van der Waals surface area contributed by atoms with Gasteiger partial charge in [0.2, 0.25) is 5.89 Å². The molecule has 7 nitrogen and oxygen atoms in total. The van der Waals surface area contributed by atoms with E-state index in [1.54, 1.807) is 0 Å². The van der Waals surface area contributed by atoms with E-state index in [0.717, 1.165) is 12.1 Å². The van der Waals surface area contributed by atoms with Gasteiger partial charge in [0.05, 0.1) is 0 Å². The molecule has 0 saturated heterocycles. The number of halogens is 1. The maximum absolute atomic E-state index is 13.9. The van der Waals surface area contributed by atoms with Crippen LogP contribution in [-0.4, -0.2) is 10.1 Å². The fourth-order valence-corrected chi connectivity index (χ4v) is 2.54. The monoisotopic (exact) mass is 395 g/mol. The number of nitrogens with zero attached hydrogens (tertiary/aromatic N) is 1. The number of benzene rings is 2. The fraction of sp³-hybridized carbons (Fsp3) is 0. The summed E-state index contributed by atoms with van der Waals surface area (Å²) in [5.41, 5.74) is 1.38. The van der Waals surface area contributed by atoms with E-state index >= 15 is 0 Å². The number of phenols is 1. The third-order valence-corrected chi connectivity index (χ3v) is 3.53. The first-order chi connectivity index (χ1) is 11.3. The molecule has 0 spiro atoms. The van der Waals surface area contributed by atoms with Crippen molar-refractivity contribution < 1.29 is 91.9 Å². The van der Waals surface area contributed by atoms with Crippen molar-refractivity contribution >= 4 is 25.0 Å². The zero-order chi connectivity index (χ0) is 17.5. The van der Waals surface area contributed by atoms with Gasteiger partial charge < -0.3 is 28.4 Å². The minimum atomic E-state index is -5.36. The van der Waals surface area contributed by atoms with Crippen molar-refractivity contribution in [2.45, 2.75) is 0 Å². The number of aromatic hydroxyl groups is 1. The molecule has 26 heavy (non-hydrogen) atoms. The number of rotatable bonds is 4. The molecule has 0 aliphatic carbocycles. The summed E-state index contributed by atoms with van der Waals surface area (Å²) in [6.45, 7) is 3.60. The molecule has 3 aromatic rings. The summed E-state index contributed by atoms with van der Waals surface area (Å²) in [5, 5.41) is 9.62. The average molecular weight is 395 g/mol. The van der Waals surface area contributed by atoms with E-state index in [1.165, 1.54) is 24.3 Å². The van der Waals surface area contributed by atoms with E-state index < -0.39 is 19.4 Å². The molecular formula is C15H9FNNa2O6P. The van der Waals surface area contributed by atoms with E-state index in [2.05, 4.69) is 16.1 Å². The Morgan fingerprint density at radius 1 is 1.27 bits per heavy atom. The number of fused-ring (bicyclic) bond motifs is 1. The Bertz CT molecular complexity index is 1000. The molecule has 0 saturated carbocycles. The number of oxazole rings is 1. The quantitative estimate of drug-likeness (QED) is 0.356. The van der Waals surface area contributed by atoms with Crippen LogP contribution in [-0.2, 0) is 4.57 Å². The van der Waals surface area contributed by atoms with Crippen LogP contribution >= 0.6 is 7.82 Å². The van der Waals surface area contributed by atoms with Gasteiger partial charge in [0.25, 0.3) is 0 Å². The Morgan fingerprint density at radius 2 is 1.96 bits per heavy atom. The first kappa shape index (κ1) is 23.4. The predicted molar refractivity (Wildman–Crippen MR) is 79.4 cm³/mol. The van der Waals surface area contributed by atoms with Gasteiger partial charge in [-0.2, -0.15) is 0 Å². The molecule has 0 atom stereocenters. The van der Waals surface area contributed by atoms with Crippen LogP contribution in [0.25, 0.3) is 28.6 Å². The van der Waals surface area contributed by atoms with Crippen molar-refractivity contribution in [2.24, 2.45) is 0 Å². The summed E-state index contributed by atoms with van der Waals surface area (Å²) in [6, 6.07) is 5.99. The molecular weight excluding hydrogens is 386 g/mol. The van der Waals surface area contributed by atoms with Crippen LogP contribution in [0.15, 0.2) is 41.3 Å². The number of hydrogen-bond acceptors (Lipinski definition) is 7. The molecule has 124 valence electrons. The third-order valence-electron chi connectivity index (χ3n) is 3.11. The molecule has 1 heterocycles. The van der Waals surface area contributed by atoms with Gasteiger partial charge in [-0.05, 0) is 24.3 Å². The van der Waals surface area contributed by atoms with Gasteiger partial charge in [0, 0.05) is 17.2 Å². The number of phenolic OH excluding ortho intramolecular Hbond substituents is 1. The van der Waals surface area contributed by atoms with Crippen molar-refractivity contribution in [3.8, 4) is 23.0 Å². The smallest absolute Gasteiger partial charge is 0.780 e. The first-order valence-corrected chi connectivity index (χ1v) is 8.00. The van der Waals surface area contributed by atoms with Gasteiger partial charge >= 0.3 is 59.1 Å². The second-order valence-electron chi connectivity index (χ2n) is 4.79. The van der Waals surface area contributed by atoms with E-state index in [9.17, 15) is 23.8 Å². The van der Waals surface area contributed by atoms with Crippen LogP contribution in [0.1, 0.15) is 5.56 Å². The Hall–Kier alpha value is -0.670. The van der Waals surface area contributed by atoms with Crippen LogP contribution in [0.3, 0.4) is 0 Å². The maximum Gasteiger partial charge on any atom is 1.00 e. The summed E-state index contributed by atoms with van der Waals surface area (Å²) in [7, 11) is -5.36. The number of aromatic nitrogens is 1. The summed E-state index contributed by atoms with van der Waals surface area (Å²) in [5.74, 6) is -1.77. The van der Waals surface area contributed by atoms with Crippen LogP contribution in [0.4, 0.5) is 4.39 Å². The second kappa shape index (κ2) is 9.01. The van der Waals surface area contributed by atoms with Crippen molar-refractivity contribution in [3.05, 3.63) is 48.3 Å². The number of phosphoric acid groups is 1. The molecule has 3 rings (SSSR count). The van der Waals surface area contributed by atoms with Crippen LogP contribution in [0.2, 0.25) is 0 Å². The average Bonchev–Trinajstić information content (AvgIpc) is 2.90. The van der Waals surface area contributed by atoms with Crippen molar-refractivity contribution in [1.82, 2.24) is 4.98 Å². The molecule has 0 aliphatic rings. The van der Waals surface area contributed by atoms with Crippen molar-refractivity contribution in [2.75, 3.05) is 0 Å². The predicted octanol–water partition coefficient (Wildman–Crippen LogP) is -3.80. The molecule has 0 fully saturated rings. The zero-order valence-electron chi connectivity index (χ0n) is 13.9. The topological polar surface area (TPSA) is 119 Å². The van der Waals surface area contributed by atoms with Gasteiger partial charge in [0.15, 0.2) is 17.1 Å². The largest absolute Gasteiger partial charge is 1.00 e. The van der Waals surface area contributed by atoms with E-state index in [0.29, 0.717) is 16.7 Å². The molecule has 1 N–H and O–H groups in total. The van der Waals surface area contributed by atoms with Gasteiger partial charge in [-0.3, -0.25) is 0 Å². The molecule has 0 unspecified atom stereocenters. The number of hydrogen-bond donors (Lipinski definition) is 1. The third kappa shape index (κ3) is 5.19. The summed E-state index contributed by atoms with van der Waals surface area (Å²) in [4.78, 5) is 25.2. The van der Waals surface area contributed by atoms with Crippen LogP contribution < -0.4 is 73.4 Å². The molecule has 0 aliphatic heterocycles. The maximum atomic E-state index is 13.9. The summed E-state index contributed by atoms with van der Waals surface area (Å²) < 4.78 is 34.0. The molecule has 11 heteroatoms. The van der Waals surface area contributed by atoms with Gasteiger partial charge in [-0.15, -0.1) is 0 Å². The fourth-order valence-electron chi connectivity index (χ4n) is 2.15. The Morgan fingerprint density at radius 3 is 2.54 bits per heavy atom. The van der Waals surface area contributed by atoms with Gasteiger partial charge in [-0.1, -0.05) is 12.7 Å². The molecule has 0 amide bonds. The minimum Gasteiger partial charge on any atom is -0.780 e. The molecule has 1 aromatic heterocycles. The van der Waals surface area contributed by atoms with Gasteiger partial charge in [0.1, 0.15) is 19.1 Å². The van der Waals surface area contributed by atoms with Gasteiger partial charge in [-0.25, -0.2) is 9.37 Å². The Labute approximate surface area is 191 Å². The SMILES string of the molecule is C=Cc1cc(O)cc2nc(-c3ccc(OP(=O)([O-])[O-])c(F)c3)oc12.[Na+].[Na+]. The van der Waals surface area contributed by atoms with Crippen molar-refractivity contribution in [3.63, 3.8) is 0 Å². The zero-order valence-corrected chi connectivity index (χ0v) is 18.8. The number of phosphoric ester groups is 1. The molecule has 0 bridgehead atoms. The Kier molecular flexibility index (Phi) is 8.10.